The second-order valence-corrected chi connectivity index (χ2v) is 8.13. The Morgan fingerprint density at radius 3 is 2.59 bits per heavy atom. The maximum atomic E-state index is 6.33. The lowest BCUT2D eigenvalue weighted by atomic mass is 9.87. The quantitative estimate of drug-likeness (QED) is 0.560. The molecule has 0 aliphatic carbocycles. The van der Waals surface area contributed by atoms with Crippen molar-refractivity contribution in [2.75, 3.05) is 20.8 Å². The molecule has 1 aliphatic heterocycles. The first kappa shape index (κ1) is 18.4. The molecule has 0 N–H and O–H groups in total. The number of hydrogen-bond acceptors (Lipinski definition) is 4. The standard InChI is InChI=1S/C22H22ClNO2S/c1-25-20-12-15-8-9-24(14-18-7-4-10-27-18)22(19(15)13-21(20)26-2)16-5-3-6-17(23)11-16/h3-7,10-13,22H,8-9,14H2,1-2H3. The molecule has 0 spiro atoms. The molecular formula is C22H22ClNO2S. The average Bonchev–Trinajstić information content (AvgIpc) is 3.19. The van der Waals surface area contributed by atoms with Gasteiger partial charge in [-0.15, -0.1) is 11.3 Å². The van der Waals surface area contributed by atoms with Crippen LogP contribution in [0, 0.1) is 0 Å². The zero-order chi connectivity index (χ0) is 18.8. The fourth-order valence-electron chi connectivity index (χ4n) is 3.84. The van der Waals surface area contributed by atoms with Crippen LogP contribution in [0.25, 0.3) is 0 Å². The van der Waals surface area contributed by atoms with E-state index in [4.69, 9.17) is 21.1 Å². The van der Waals surface area contributed by atoms with Gasteiger partial charge < -0.3 is 9.47 Å². The van der Waals surface area contributed by atoms with Crippen molar-refractivity contribution in [3.63, 3.8) is 0 Å². The molecule has 3 nitrogen and oxygen atoms in total. The fraction of sp³-hybridized carbons (Fsp3) is 0.273. The Balaban J connectivity index is 1.82. The molecule has 140 valence electrons. The van der Waals surface area contributed by atoms with Gasteiger partial charge in [-0.2, -0.15) is 0 Å². The number of nitrogens with zero attached hydrogens (tertiary/aromatic N) is 1. The van der Waals surface area contributed by atoms with Gasteiger partial charge in [-0.3, -0.25) is 4.90 Å². The largest absolute Gasteiger partial charge is 0.493 e. The Labute approximate surface area is 169 Å². The van der Waals surface area contributed by atoms with Crippen LogP contribution < -0.4 is 9.47 Å². The minimum atomic E-state index is 0.134. The minimum absolute atomic E-state index is 0.134. The molecule has 1 unspecified atom stereocenters. The van der Waals surface area contributed by atoms with Gasteiger partial charge in [0.25, 0.3) is 0 Å². The summed E-state index contributed by atoms with van der Waals surface area (Å²) in [4.78, 5) is 3.89. The van der Waals surface area contributed by atoms with Gasteiger partial charge in [-0.25, -0.2) is 0 Å². The first-order valence-corrected chi connectivity index (χ1v) is 10.2. The van der Waals surface area contributed by atoms with Crippen molar-refractivity contribution < 1.29 is 9.47 Å². The first-order valence-electron chi connectivity index (χ1n) is 8.96. The lowest BCUT2D eigenvalue weighted by Crippen LogP contribution is -2.35. The number of ether oxygens (including phenoxy) is 2. The molecule has 0 bridgehead atoms. The van der Waals surface area contributed by atoms with Crippen LogP contribution in [-0.4, -0.2) is 25.7 Å². The van der Waals surface area contributed by atoms with Crippen molar-refractivity contribution in [1.82, 2.24) is 4.90 Å². The molecule has 5 heteroatoms. The van der Waals surface area contributed by atoms with Crippen molar-refractivity contribution in [3.05, 3.63) is 80.5 Å². The third kappa shape index (κ3) is 3.70. The topological polar surface area (TPSA) is 21.7 Å². The monoisotopic (exact) mass is 399 g/mol. The summed E-state index contributed by atoms with van der Waals surface area (Å²) < 4.78 is 11.1. The SMILES string of the molecule is COc1cc2c(cc1OC)C(c1cccc(Cl)c1)N(Cc1cccs1)CC2. The Bertz CT molecular complexity index is 926. The third-order valence-electron chi connectivity index (χ3n) is 5.08. The van der Waals surface area contributed by atoms with Crippen LogP contribution in [-0.2, 0) is 13.0 Å². The minimum Gasteiger partial charge on any atom is -0.493 e. The fourth-order valence-corrected chi connectivity index (χ4v) is 4.77. The molecule has 4 rings (SSSR count). The summed E-state index contributed by atoms with van der Waals surface area (Å²) in [5, 5.41) is 2.89. The average molecular weight is 400 g/mol. The molecule has 0 saturated carbocycles. The van der Waals surface area contributed by atoms with Gasteiger partial charge in [0.1, 0.15) is 0 Å². The number of methoxy groups -OCH3 is 2. The van der Waals surface area contributed by atoms with Gasteiger partial charge in [0, 0.05) is 23.0 Å². The van der Waals surface area contributed by atoms with E-state index in [0.29, 0.717) is 0 Å². The van der Waals surface area contributed by atoms with Crippen LogP contribution in [0.5, 0.6) is 11.5 Å². The zero-order valence-corrected chi connectivity index (χ0v) is 17.0. The van der Waals surface area contributed by atoms with Crippen molar-refractivity contribution in [2.24, 2.45) is 0 Å². The van der Waals surface area contributed by atoms with E-state index in [1.165, 1.54) is 21.6 Å². The highest BCUT2D eigenvalue weighted by Gasteiger charge is 2.30. The summed E-state index contributed by atoms with van der Waals surface area (Å²) in [6.07, 6.45) is 0.984. The van der Waals surface area contributed by atoms with Gasteiger partial charge in [-0.1, -0.05) is 29.8 Å². The van der Waals surface area contributed by atoms with Crippen LogP contribution in [0.4, 0.5) is 0 Å². The highest BCUT2D eigenvalue weighted by atomic mass is 35.5. The Morgan fingerprint density at radius 2 is 1.89 bits per heavy atom. The molecule has 1 aromatic heterocycles. The van der Waals surface area contributed by atoms with Gasteiger partial charge in [-0.05, 0) is 58.8 Å². The smallest absolute Gasteiger partial charge is 0.161 e. The molecule has 1 aliphatic rings. The number of halogens is 1. The molecule has 0 saturated heterocycles. The van der Waals surface area contributed by atoms with E-state index in [1.807, 2.05) is 12.1 Å². The van der Waals surface area contributed by atoms with E-state index >= 15 is 0 Å². The van der Waals surface area contributed by atoms with Gasteiger partial charge in [0.05, 0.1) is 20.3 Å². The van der Waals surface area contributed by atoms with Gasteiger partial charge >= 0.3 is 0 Å². The number of fused-ring (bicyclic) bond motifs is 1. The summed E-state index contributed by atoms with van der Waals surface area (Å²) >= 11 is 8.13. The highest BCUT2D eigenvalue weighted by Crippen LogP contribution is 2.42. The normalized spacial score (nSPS) is 16.8. The molecule has 0 fully saturated rings. The summed E-state index contributed by atoms with van der Waals surface area (Å²) in [5.74, 6) is 1.55. The van der Waals surface area contributed by atoms with E-state index in [1.54, 1.807) is 25.6 Å². The van der Waals surface area contributed by atoms with Crippen LogP contribution >= 0.6 is 22.9 Å². The van der Waals surface area contributed by atoms with E-state index in [2.05, 4.69) is 46.7 Å². The number of hydrogen-bond donors (Lipinski definition) is 0. The van der Waals surface area contributed by atoms with Crippen molar-refractivity contribution in [3.8, 4) is 11.5 Å². The van der Waals surface area contributed by atoms with Crippen LogP contribution in [0.2, 0.25) is 5.02 Å². The van der Waals surface area contributed by atoms with Gasteiger partial charge in [0.2, 0.25) is 0 Å². The molecular weight excluding hydrogens is 378 g/mol. The zero-order valence-electron chi connectivity index (χ0n) is 15.4. The summed E-state index contributed by atoms with van der Waals surface area (Å²) in [5.41, 5.74) is 3.77. The van der Waals surface area contributed by atoms with E-state index in [0.717, 1.165) is 36.0 Å². The van der Waals surface area contributed by atoms with E-state index in [9.17, 15) is 0 Å². The second-order valence-electron chi connectivity index (χ2n) is 6.66. The lowest BCUT2D eigenvalue weighted by Gasteiger charge is -2.38. The van der Waals surface area contributed by atoms with Crippen LogP contribution in [0.3, 0.4) is 0 Å². The van der Waals surface area contributed by atoms with E-state index < -0.39 is 0 Å². The highest BCUT2D eigenvalue weighted by molar-refractivity contribution is 7.09. The van der Waals surface area contributed by atoms with Crippen molar-refractivity contribution >= 4 is 22.9 Å². The number of rotatable bonds is 5. The molecule has 1 atom stereocenters. The molecule has 2 heterocycles. The Morgan fingerprint density at radius 1 is 1.07 bits per heavy atom. The summed E-state index contributed by atoms with van der Waals surface area (Å²) in [7, 11) is 3.37. The maximum Gasteiger partial charge on any atom is 0.161 e. The van der Waals surface area contributed by atoms with Crippen LogP contribution in [0.1, 0.15) is 27.6 Å². The third-order valence-corrected chi connectivity index (χ3v) is 6.17. The number of benzene rings is 2. The maximum absolute atomic E-state index is 6.33. The van der Waals surface area contributed by atoms with Crippen LogP contribution in [0.15, 0.2) is 53.9 Å². The lowest BCUT2D eigenvalue weighted by molar-refractivity contribution is 0.205. The predicted octanol–water partition coefficient (Wildman–Crippen LogP) is 5.57. The first-order chi connectivity index (χ1) is 13.2. The summed E-state index contributed by atoms with van der Waals surface area (Å²) in [6.45, 7) is 1.90. The molecule has 27 heavy (non-hydrogen) atoms. The molecule has 3 aromatic rings. The predicted molar refractivity (Wildman–Crippen MR) is 111 cm³/mol. The second kappa shape index (κ2) is 7.93. The Hall–Kier alpha value is -2.01. The van der Waals surface area contributed by atoms with Crippen molar-refractivity contribution in [2.45, 2.75) is 19.0 Å². The van der Waals surface area contributed by atoms with E-state index in [-0.39, 0.29) is 6.04 Å². The molecule has 2 aromatic carbocycles. The van der Waals surface area contributed by atoms with Crippen molar-refractivity contribution in [1.29, 1.82) is 0 Å². The molecule has 0 radical (unpaired) electrons. The Kier molecular flexibility index (Phi) is 5.39. The number of thiophene rings is 1. The molecule has 0 amide bonds. The summed E-state index contributed by atoms with van der Waals surface area (Å²) in [6, 6.07) is 16.9. The van der Waals surface area contributed by atoms with Gasteiger partial charge in [0.15, 0.2) is 11.5 Å².